The molecule has 1 saturated heterocycles. The Labute approximate surface area is 109 Å². The largest absolute Gasteiger partial charge is 0.419 e. The molecule has 2 rings (SSSR count). The summed E-state index contributed by atoms with van der Waals surface area (Å²) in [5.41, 5.74) is -2.02. The number of likely N-dealkylation sites (tertiary alicyclic amines) is 1. The molecule has 1 aliphatic rings. The smallest absolute Gasteiger partial charge is 0.388 e. The van der Waals surface area contributed by atoms with Crippen LogP contribution in [0.3, 0.4) is 0 Å². The molecule has 19 heavy (non-hydrogen) atoms. The number of benzene rings is 1. The molecule has 106 valence electrons. The predicted molar refractivity (Wildman–Crippen MR) is 63.3 cm³/mol. The lowest BCUT2D eigenvalue weighted by molar-refractivity contribution is -0.303. The number of halogens is 3. The van der Waals surface area contributed by atoms with Gasteiger partial charge in [-0.05, 0) is 5.56 Å². The summed E-state index contributed by atoms with van der Waals surface area (Å²) in [6.45, 7) is 0.374. The molecule has 0 aliphatic carbocycles. The number of aliphatic hydroxyl groups is 2. The molecule has 1 aliphatic heterocycles. The van der Waals surface area contributed by atoms with Crippen molar-refractivity contribution in [3.8, 4) is 0 Å². The molecule has 0 bridgehead atoms. The topological polar surface area (TPSA) is 43.7 Å². The number of alkyl halides is 3. The molecule has 0 saturated carbocycles. The lowest BCUT2D eigenvalue weighted by Gasteiger charge is -2.42. The maximum absolute atomic E-state index is 12.7. The van der Waals surface area contributed by atoms with Crippen LogP contribution in [-0.2, 0) is 6.54 Å². The Morgan fingerprint density at radius 3 is 2.42 bits per heavy atom. The molecule has 1 aromatic rings. The molecule has 0 unspecified atom stereocenters. The highest BCUT2D eigenvalue weighted by atomic mass is 19.4. The molecule has 0 spiro atoms. The third kappa shape index (κ3) is 2.91. The summed E-state index contributed by atoms with van der Waals surface area (Å²) in [6.07, 6.45) is -7.12. The lowest BCUT2D eigenvalue weighted by Crippen LogP contribution is -2.62. The van der Waals surface area contributed by atoms with E-state index in [1.807, 2.05) is 30.3 Å². The minimum absolute atomic E-state index is 0.0992. The molecular formula is C13H16F3NO2. The standard InChI is InChI=1S/C13H16F3NO2/c14-13(15,16)12(19)6-7-17(9-11(12)18)8-10-4-2-1-3-5-10/h1-5,11,18-19H,6-9H2/t11-,12+/m0/s1. The van der Waals surface area contributed by atoms with Crippen molar-refractivity contribution in [2.24, 2.45) is 0 Å². The van der Waals surface area contributed by atoms with Crippen molar-refractivity contribution in [1.82, 2.24) is 4.90 Å². The van der Waals surface area contributed by atoms with Gasteiger partial charge in [0.2, 0.25) is 0 Å². The van der Waals surface area contributed by atoms with E-state index in [2.05, 4.69) is 0 Å². The fourth-order valence-electron chi connectivity index (χ4n) is 2.30. The number of rotatable bonds is 2. The second kappa shape index (κ2) is 5.11. The Kier molecular flexibility index (Phi) is 3.85. The lowest BCUT2D eigenvalue weighted by atomic mass is 9.87. The van der Waals surface area contributed by atoms with Crippen LogP contribution < -0.4 is 0 Å². The van der Waals surface area contributed by atoms with E-state index in [1.54, 1.807) is 4.90 Å². The van der Waals surface area contributed by atoms with Gasteiger partial charge in [0.15, 0.2) is 5.60 Å². The van der Waals surface area contributed by atoms with Gasteiger partial charge in [-0.3, -0.25) is 4.90 Å². The molecule has 1 heterocycles. The zero-order valence-corrected chi connectivity index (χ0v) is 10.3. The second-order valence-electron chi connectivity index (χ2n) is 4.91. The highest BCUT2D eigenvalue weighted by Crippen LogP contribution is 2.38. The molecule has 1 aromatic carbocycles. The van der Waals surface area contributed by atoms with E-state index in [0.717, 1.165) is 5.56 Å². The molecular weight excluding hydrogens is 259 g/mol. The summed E-state index contributed by atoms with van der Waals surface area (Å²) in [7, 11) is 0. The van der Waals surface area contributed by atoms with Crippen molar-refractivity contribution in [3.05, 3.63) is 35.9 Å². The van der Waals surface area contributed by atoms with Crippen LogP contribution in [0.1, 0.15) is 12.0 Å². The fraction of sp³-hybridized carbons (Fsp3) is 0.538. The van der Waals surface area contributed by atoms with Crippen LogP contribution in [0.2, 0.25) is 0 Å². The first-order valence-corrected chi connectivity index (χ1v) is 6.06. The van der Waals surface area contributed by atoms with Crippen molar-refractivity contribution in [2.45, 2.75) is 30.8 Å². The van der Waals surface area contributed by atoms with Crippen LogP contribution in [0.4, 0.5) is 13.2 Å². The van der Waals surface area contributed by atoms with Gasteiger partial charge in [0.25, 0.3) is 0 Å². The third-order valence-electron chi connectivity index (χ3n) is 3.53. The van der Waals surface area contributed by atoms with Crippen LogP contribution in [0.15, 0.2) is 30.3 Å². The number of nitrogens with zero attached hydrogens (tertiary/aromatic N) is 1. The van der Waals surface area contributed by atoms with E-state index in [1.165, 1.54) is 0 Å². The van der Waals surface area contributed by atoms with E-state index >= 15 is 0 Å². The Morgan fingerprint density at radius 2 is 1.89 bits per heavy atom. The quantitative estimate of drug-likeness (QED) is 0.860. The van der Waals surface area contributed by atoms with Crippen LogP contribution >= 0.6 is 0 Å². The highest BCUT2D eigenvalue weighted by molar-refractivity contribution is 5.15. The first kappa shape index (κ1) is 14.3. The summed E-state index contributed by atoms with van der Waals surface area (Å²) in [5.74, 6) is 0. The summed E-state index contributed by atoms with van der Waals surface area (Å²) in [6, 6.07) is 9.30. The third-order valence-corrected chi connectivity index (χ3v) is 3.53. The summed E-state index contributed by atoms with van der Waals surface area (Å²) >= 11 is 0. The molecule has 2 atom stereocenters. The second-order valence-corrected chi connectivity index (χ2v) is 4.91. The summed E-state index contributed by atoms with van der Waals surface area (Å²) in [4.78, 5) is 1.71. The van der Waals surface area contributed by atoms with Crippen LogP contribution in [-0.4, -0.2) is 46.1 Å². The number of hydrogen-bond donors (Lipinski definition) is 2. The van der Waals surface area contributed by atoms with Gasteiger partial charge in [-0.1, -0.05) is 30.3 Å². The average molecular weight is 275 g/mol. The van der Waals surface area contributed by atoms with E-state index < -0.39 is 24.3 Å². The highest BCUT2D eigenvalue weighted by Gasteiger charge is 2.59. The molecule has 0 radical (unpaired) electrons. The molecule has 6 heteroatoms. The Morgan fingerprint density at radius 1 is 1.26 bits per heavy atom. The van der Waals surface area contributed by atoms with Gasteiger partial charge in [0.1, 0.15) is 6.10 Å². The Hall–Kier alpha value is -1.11. The fourth-order valence-corrected chi connectivity index (χ4v) is 2.30. The zero-order valence-electron chi connectivity index (χ0n) is 10.3. The zero-order chi connectivity index (χ0) is 14.1. The van der Waals surface area contributed by atoms with Crippen molar-refractivity contribution in [1.29, 1.82) is 0 Å². The van der Waals surface area contributed by atoms with Crippen molar-refractivity contribution in [2.75, 3.05) is 13.1 Å². The minimum Gasteiger partial charge on any atom is -0.388 e. The van der Waals surface area contributed by atoms with Gasteiger partial charge in [-0.25, -0.2) is 0 Å². The maximum atomic E-state index is 12.7. The van der Waals surface area contributed by atoms with Gasteiger partial charge >= 0.3 is 6.18 Å². The Bertz CT molecular complexity index is 424. The van der Waals surface area contributed by atoms with Crippen LogP contribution in [0.5, 0.6) is 0 Å². The van der Waals surface area contributed by atoms with Crippen molar-refractivity contribution >= 4 is 0 Å². The van der Waals surface area contributed by atoms with Gasteiger partial charge in [0, 0.05) is 26.1 Å². The number of β-amino-alcohol motifs (C(OH)–C–C–N with tert-alkyl or cyclic N) is 1. The first-order valence-electron chi connectivity index (χ1n) is 6.06. The minimum atomic E-state index is -4.80. The number of piperidine rings is 1. The normalized spacial score (nSPS) is 29.4. The SMILES string of the molecule is O[C@H]1CN(Cc2ccccc2)CC[C@]1(O)C(F)(F)F. The molecule has 2 N–H and O–H groups in total. The van der Waals surface area contributed by atoms with Gasteiger partial charge in [-0.15, -0.1) is 0 Å². The van der Waals surface area contributed by atoms with Gasteiger partial charge in [0.05, 0.1) is 0 Å². The first-order chi connectivity index (χ1) is 8.83. The predicted octanol–water partition coefficient (Wildman–Crippen LogP) is 1.55. The van der Waals surface area contributed by atoms with Crippen LogP contribution in [0.25, 0.3) is 0 Å². The van der Waals surface area contributed by atoms with E-state index in [-0.39, 0.29) is 13.1 Å². The average Bonchev–Trinajstić information content (AvgIpc) is 2.34. The molecule has 0 aromatic heterocycles. The summed E-state index contributed by atoms with van der Waals surface area (Å²) in [5, 5.41) is 19.2. The van der Waals surface area contributed by atoms with E-state index in [0.29, 0.717) is 6.54 Å². The van der Waals surface area contributed by atoms with Gasteiger partial charge < -0.3 is 10.2 Å². The molecule has 1 fully saturated rings. The maximum Gasteiger partial charge on any atom is 0.419 e. The van der Waals surface area contributed by atoms with Crippen molar-refractivity contribution in [3.63, 3.8) is 0 Å². The monoisotopic (exact) mass is 275 g/mol. The van der Waals surface area contributed by atoms with Crippen molar-refractivity contribution < 1.29 is 23.4 Å². The molecule has 3 nitrogen and oxygen atoms in total. The molecule has 0 amide bonds. The summed E-state index contributed by atoms with van der Waals surface area (Å²) < 4.78 is 38.1. The number of hydrogen-bond acceptors (Lipinski definition) is 3. The van der Waals surface area contributed by atoms with E-state index in [4.69, 9.17) is 0 Å². The van der Waals surface area contributed by atoms with E-state index in [9.17, 15) is 23.4 Å². The van der Waals surface area contributed by atoms with Gasteiger partial charge in [-0.2, -0.15) is 13.2 Å². The number of aliphatic hydroxyl groups excluding tert-OH is 1. The Balaban J connectivity index is 2.01. The van der Waals surface area contributed by atoms with Crippen LogP contribution in [0, 0.1) is 0 Å².